The van der Waals surface area contributed by atoms with E-state index >= 15 is 0 Å². The van der Waals surface area contributed by atoms with Gasteiger partial charge in [0.05, 0.1) is 16.5 Å². The van der Waals surface area contributed by atoms with Gasteiger partial charge in [0.15, 0.2) is 5.43 Å². The van der Waals surface area contributed by atoms with Gasteiger partial charge in [-0.3, -0.25) is 19.7 Å². The Hall–Kier alpha value is -4.59. The molecule has 0 fully saturated rings. The molecular weight excluding hydrogens is 398 g/mol. The predicted molar refractivity (Wildman–Crippen MR) is 116 cm³/mol. The molecule has 0 aliphatic carbocycles. The van der Waals surface area contributed by atoms with Gasteiger partial charge in [-0.25, -0.2) is 5.43 Å². The highest BCUT2D eigenvalue weighted by Gasteiger charge is 2.09. The van der Waals surface area contributed by atoms with E-state index in [0.717, 1.165) is 0 Å². The molecule has 31 heavy (non-hydrogen) atoms. The molecule has 0 saturated heterocycles. The lowest BCUT2D eigenvalue weighted by molar-refractivity contribution is -0.384. The van der Waals surface area contributed by atoms with Gasteiger partial charge in [-0.05, 0) is 24.3 Å². The molecule has 0 aliphatic rings. The molecule has 0 spiro atoms. The predicted octanol–water partition coefficient (Wildman–Crippen LogP) is 4.13. The molecule has 0 aliphatic heterocycles. The van der Waals surface area contributed by atoms with Crippen molar-refractivity contribution < 1.29 is 14.1 Å². The quantitative estimate of drug-likeness (QED) is 0.300. The Balaban J connectivity index is 1.48. The number of nitrogens with zero attached hydrogens (tertiary/aromatic N) is 2. The number of amides is 1. The minimum absolute atomic E-state index is 0.0637. The van der Waals surface area contributed by atoms with Crippen molar-refractivity contribution in [1.82, 2.24) is 5.43 Å². The van der Waals surface area contributed by atoms with Crippen molar-refractivity contribution >= 4 is 28.8 Å². The van der Waals surface area contributed by atoms with Crippen molar-refractivity contribution in [2.24, 2.45) is 5.10 Å². The zero-order valence-corrected chi connectivity index (χ0v) is 16.0. The number of benzene rings is 3. The van der Waals surface area contributed by atoms with Crippen LogP contribution in [0.15, 0.2) is 93.2 Å². The van der Waals surface area contributed by atoms with Crippen LogP contribution in [-0.4, -0.2) is 17.0 Å². The van der Waals surface area contributed by atoms with E-state index in [1.54, 1.807) is 54.6 Å². The SMILES string of the molecule is O=C(N/N=C/c1cccc([N+](=O)[O-])c1)c1ccc(-c2cc(=O)c3ccccc3o2)cc1. The number of hydrogen-bond donors (Lipinski definition) is 1. The number of carbonyl (C=O) groups is 1. The maximum Gasteiger partial charge on any atom is 0.271 e. The van der Waals surface area contributed by atoms with Crippen molar-refractivity contribution in [1.29, 1.82) is 0 Å². The van der Waals surface area contributed by atoms with Gasteiger partial charge in [0, 0.05) is 34.9 Å². The van der Waals surface area contributed by atoms with E-state index in [4.69, 9.17) is 4.42 Å². The number of hydrazone groups is 1. The van der Waals surface area contributed by atoms with Gasteiger partial charge < -0.3 is 4.42 Å². The highest BCUT2D eigenvalue weighted by molar-refractivity contribution is 5.95. The van der Waals surface area contributed by atoms with E-state index in [9.17, 15) is 19.7 Å². The second-order valence-corrected chi connectivity index (χ2v) is 6.60. The first-order valence-electron chi connectivity index (χ1n) is 9.22. The van der Waals surface area contributed by atoms with Crippen LogP contribution in [0.25, 0.3) is 22.3 Å². The lowest BCUT2D eigenvalue weighted by atomic mass is 10.1. The lowest BCUT2D eigenvalue weighted by Gasteiger charge is -2.05. The number of nitrogens with one attached hydrogen (secondary N) is 1. The molecule has 8 heteroatoms. The molecule has 1 N–H and O–H groups in total. The number of nitro benzene ring substituents is 1. The highest BCUT2D eigenvalue weighted by atomic mass is 16.6. The Morgan fingerprint density at radius 1 is 1.00 bits per heavy atom. The fraction of sp³-hybridized carbons (Fsp3) is 0. The third-order valence-corrected chi connectivity index (χ3v) is 4.53. The summed E-state index contributed by atoms with van der Waals surface area (Å²) in [6.45, 7) is 0. The Kier molecular flexibility index (Phi) is 5.35. The Morgan fingerprint density at radius 3 is 2.55 bits per heavy atom. The molecule has 4 rings (SSSR count). The monoisotopic (exact) mass is 413 g/mol. The van der Waals surface area contributed by atoms with E-state index in [1.165, 1.54) is 30.5 Å². The third kappa shape index (κ3) is 4.38. The van der Waals surface area contributed by atoms with Crippen LogP contribution in [0, 0.1) is 10.1 Å². The molecular formula is C23H15N3O5. The molecule has 4 aromatic rings. The number of fused-ring (bicyclic) bond motifs is 1. The van der Waals surface area contributed by atoms with Gasteiger partial charge >= 0.3 is 0 Å². The van der Waals surface area contributed by atoms with E-state index < -0.39 is 10.8 Å². The van der Waals surface area contributed by atoms with Gasteiger partial charge in [-0.1, -0.05) is 36.4 Å². The summed E-state index contributed by atoms with van der Waals surface area (Å²) in [6.07, 6.45) is 1.32. The Morgan fingerprint density at radius 2 is 1.77 bits per heavy atom. The van der Waals surface area contributed by atoms with Gasteiger partial charge in [-0.2, -0.15) is 5.10 Å². The van der Waals surface area contributed by atoms with Crippen molar-refractivity contribution in [3.8, 4) is 11.3 Å². The maximum absolute atomic E-state index is 12.3. The highest BCUT2D eigenvalue weighted by Crippen LogP contribution is 2.22. The molecule has 0 radical (unpaired) electrons. The summed E-state index contributed by atoms with van der Waals surface area (Å²) in [5.41, 5.74) is 4.14. The van der Waals surface area contributed by atoms with Gasteiger partial charge in [0.2, 0.25) is 0 Å². The first-order valence-corrected chi connectivity index (χ1v) is 9.22. The fourth-order valence-corrected chi connectivity index (χ4v) is 2.98. The Labute approximate surface area is 175 Å². The van der Waals surface area contributed by atoms with Crippen LogP contribution in [0.3, 0.4) is 0 Å². The maximum atomic E-state index is 12.3. The van der Waals surface area contributed by atoms with Crippen LogP contribution < -0.4 is 10.9 Å². The number of para-hydroxylation sites is 1. The van der Waals surface area contributed by atoms with Gasteiger partial charge in [0.25, 0.3) is 11.6 Å². The van der Waals surface area contributed by atoms with Crippen molar-refractivity contribution in [3.63, 3.8) is 0 Å². The van der Waals surface area contributed by atoms with E-state index in [0.29, 0.717) is 33.4 Å². The average Bonchev–Trinajstić information content (AvgIpc) is 2.79. The summed E-state index contributed by atoms with van der Waals surface area (Å²) in [5, 5.41) is 15.1. The largest absolute Gasteiger partial charge is 0.456 e. The van der Waals surface area contributed by atoms with Crippen molar-refractivity contribution in [2.75, 3.05) is 0 Å². The van der Waals surface area contributed by atoms with Crippen LogP contribution in [0.4, 0.5) is 5.69 Å². The molecule has 152 valence electrons. The third-order valence-electron chi connectivity index (χ3n) is 4.53. The van der Waals surface area contributed by atoms with E-state index in [-0.39, 0.29) is 11.1 Å². The molecule has 0 saturated carbocycles. The summed E-state index contributed by atoms with van der Waals surface area (Å²) < 4.78 is 5.80. The molecule has 1 aromatic heterocycles. The molecule has 8 nitrogen and oxygen atoms in total. The zero-order chi connectivity index (χ0) is 21.8. The van der Waals surface area contributed by atoms with Crippen molar-refractivity contribution in [2.45, 2.75) is 0 Å². The minimum Gasteiger partial charge on any atom is -0.456 e. The number of carbonyl (C=O) groups excluding carboxylic acids is 1. The van der Waals surface area contributed by atoms with Crippen molar-refractivity contribution in [3.05, 3.63) is 110 Å². The second-order valence-electron chi connectivity index (χ2n) is 6.60. The molecule has 1 heterocycles. The van der Waals surface area contributed by atoms with Gasteiger partial charge in [-0.15, -0.1) is 0 Å². The number of rotatable bonds is 5. The average molecular weight is 413 g/mol. The molecule has 3 aromatic carbocycles. The summed E-state index contributed by atoms with van der Waals surface area (Å²) in [4.78, 5) is 34.8. The molecule has 0 unspecified atom stereocenters. The normalized spacial score (nSPS) is 11.0. The van der Waals surface area contributed by atoms with Gasteiger partial charge in [0.1, 0.15) is 11.3 Å². The summed E-state index contributed by atoms with van der Waals surface area (Å²) >= 11 is 0. The van der Waals surface area contributed by atoms with Crippen LogP contribution in [0.5, 0.6) is 0 Å². The summed E-state index contributed by atoms with van der Waals surface area (Å²) in [6, 6.07) is 20.8. The lowest BCUT2D eigenvalue weighted by Crippen LogP contribution is -2.17. The molecule has 0 bridgehead atoms. The fourth-order valence-electron chi connectivity index (χ4n) is 2.98. The smallest absolute Gasteiger partial charge is 0.271 e. The molecule has 0 atom stereocenters. The van der Waals surface area contributed by atoms with Crippen LogP contribution >= 0.6 is 0 Å². The first kappa shape index (κ1) is 19.7. The van der Waals surface area contributed by atoms with Crippen LogP contribution in [0.2, 0.25) is 0 Å². The number of nitro groups is 1. The number of hydrogen-bond acceptors (Lipinski definition) is 6. The summed E-state index contributed by atoms with van der Waals surface area (Å²) in [7, 11) is 0. The summed E-state index contributed by atoms with van der Waals surface area (Å²) in [5.74, 6) is -0.0486. The topological polar surface area (TPSA) is 115 Å². The second kappa shape index (κ2) is 8.42. The zero-order valence-electron chi connectivity index (χ0n) is 16.0. The minimum atomic E-state index is -0.505. The van der Waals surface area contributed by atoms with Crippen LogP contribution in [0.1, 0.15) is 15.9 Å². The Bertz CT molecular complexity index is 1370. The number of non-ortho nitro benzene ring substituents is 1. The van der Waals surface area contributed by atoms with E-state index in [1.807, 2.05) is 0 Å². The molecule has 1 amide bonds. The standard InChI is InChI=1S/C23H15N3O5/c27-20-13-22(31-21-7-2-1-6-19(20)21)16-8-10-17(11-9-16)23(28)25-24-14-15-4-3-5-18(12-15)26(29)30/h1-14H,(H,25,28)/b24-14+. The first-order chi connectivity index (χ1) is 15.0. The van der Waals surface area contributed by atoms with Crippen LogP contribution in [-0.2, 0) is 0 Å². The van der Waals surface area contributed by atoms with E-state index in [2.05, 4.69) is 10.5 Å².